The van der Waals surface area contributed by atoms with E-state index in [4.69, 9.17) is 0 Å². The molecule has 0 saturated carbocycles. The monoisotopic (exact) mass is 392 g/mol. The normalized spacial score (nSPS) is 14.3. The van der Waals surface area contributed by atoms with Gasteiger partial charge in [-0.2, -0.15) is 0 Å². The molecule has 2 N–H and O–H groups in total. The predicted molar refractivity (Wildman–Crippen MR) is 128 cm³/mol. The molecule has 0 radical (unpaired) electrons. The van der Waals surface area contributed by atoms with E-state index >= 15 is 0 Å². The summed E-state index contributed by atoms with van der Waals surface area (Å²) in [6.45, 7) is 2.20. The molecule has 2 nitrogen and oxygen atoms in total. The molecule has 5 aromatic rings. The van der Waals surface area contributed by atoms with E-state index in [0.717, 1.165) is 0 Å². The predicted octanol–water partition coefficient (Wildman–Crippen LogP) is 7.47. The van der Waals surface area contributed by atoms with E-state index < -0.39 is 0 Å². The van der Waals surface area contributed by atoms with E-state index in [0.29, 0.717) is 0 Å². The molecule has 0 unspecified atom stereocenters. The zero-order valence-corrected chi connectivity index (χ0v) is 16.9. The number of rotatable bonds is 2. The zero-order valence-electron chi connectivity index (χ0n) is 16.1. The van der Waals surface area contributed by atoms with Gasteiger partial charge in [0.25, 0.3) is 0 Å². The number of nitrogens with one attached hydrogen (secondary N) is 2. The molecule has 4 aromatic carbocycles. The van der Waals surface area contributed by atoms with Crippen LogP contribution in [0.15, 0.2) is 84.4 Å². The first-order valence-electron chi connectivity index (χ1n) is 9.91. The summed E-state index contributed by atoms with van der Waals surface area (Å²) < 4.78 is 2.70. The van der Waals surface area contributed by atoms with Gasteiger partial charge in [0.2, 0.25) is 0 Å². The van der Waals surface area contributed by atoms with Crippen molar-refractivity contribution in [2.75, 3.05) is 10.6 Å². The van der Waals surface area contributed by atoms with Crippen LogP contribution in [0.2, 0.25) is 0 Å². The van der Waals surface area contributed by atoms with Gasteiger partial charge < -0.3 is 10.6 Å². The van der Waals surface area contributed by atoms with Crippen LogP contribution in [-0.4, -0.2) is 6.17 Å². The van der Waals surface area contributed by atoms with Crippen molar-refractivity contribution in [2.24, 2.45) is 0 Å². The molecule has 0 spiro atoms. The summed E-state index contributed by atoms with van der Waals surface area (Å²) in [5.74, 6) is 0. The second kappa shape index (κ2) is 6.36. The van der Waals surface area contributed by atoms with Crippen molar-refractivity contribution < 1.29 is 0 Å². The standard InChI is InChI=1S/C26H20N2S/c1-16(26-27-21-12-5-7-17-8-6-13-22(28-26)24(17)21)15-18-9-4-11-20-19-10-2-3-14-23(19)29-25(18)20/h2-15,26-28H,1H3/b16-15+. The van der Waals surface area contributed by atoms with Crippen molar-refractivity contribution in [3.63, 3.8) is 0 Å². The Balaban J connectivity index is 1.43. The van der Waals surface area contributed by atoms with Gasteiger partial charge in [-0.3, -0.25) is 0 Å². The Bertz CT molecular complexity index is 1390. The number of fused-ring (bicyclic) bond motifs is 3. The quantitative estimate of drug-likeness (QED) is 0.325. The summed E-state index contributed by atoms with van der Waals surface area (Å²) in [6, 6.07) is 28.2. The Morgan fingerprint density at radius 3 is 2.28 bits per heavy atom. The summed E-state index contributed by atoms with van der Waals surface area (Å²) in [4.78, 5) is 0. The van der Waals surface area contributed by atoms with Crippen LogP contribution in [0.3, 0.4) is 0 Å². The third kappa shape index (κ3) is 2.62. The fraction of sp³-hybridized carbons (Fsp3) is 0.0769. The summed E-state index contributed by atoms with van der Waals surface area (Å²) in [6.07, 6.45) is 2.39. The lowest BCUT2D eigenvalue weighted by atomic mass is 10.0. The van der Waals surface area contributed by atoms with Gasteiger partial charge in [0, 0.05) is 36.9 Å². The summed E-state index contributed by atoms with van der Waals surface area (Å²) in [7, 11) is 0. The van der Waals surface area contributed by atoms with Crippen LogP contribution >= 0.6 is 11.3 Å². The lowest BCUT2D eigenvalue weighted by Crippen LogP contribution is -2.32. The minimum atomic E-state index is 0.0696. The molecule has 0 amide bonds. The maximum Gasteiger partial charge on any atom is 0.119 e. The van der Waals surface area contributed by atoms with Gasteiger partial charge in [0.15, 0.2) is 0 Å². The van der Waals surface area contributed by atoms with Crippen molar-refractivity contribution in [3.05, 3.63) is 90.0 Å². The second-order valence-electron chi connectivity index (χ2n) is 7.64. The molecule has 1 aromatic heterocycles. The van der Waals surface area contributed by atoms with Crippen LogP contribution in [0.25, 0.3) is 37.0 Å². The van der Waals surface area contributed by atoms with Gasteiger partial charge in [-0.25, -0.2) is 0 Å². The number of hydrogen-bond acceptors (Lipinski definition) is 3. The van der Waals surface area contributed by atoms with Crippen LogP contribution in [0.4, 0.5) is 11.4 Å². The highest BCUT2D eigenvalue weighted by molar-refractivity contribution is 7.26. The smallest absolute Gasteiger partial charge is 0.119 e. The minimum absolute atomic E-state index is 0.0696. The van der Waals surface area contributed by atoms with Crippen molar-refractivity contribution in [1.29, 1.82) is 0 Å². The maximum atomic E-state index is 3.68. The van der Waals surface area contributed by atoms with Crippen LogP contribution in [0.1, 0.15) is 12.5 Å². The topological polar surface area (TPSA) is 24.1 Å². The van der Waals surface area contributed by atoms with E-state index in [-0.39, 0.29) is 6.17 Å². The fourth-order valence-corrected chi connectivity index (χ4v) is 5.55. The largest absolute Gasteiger partial charge is 0.361 e. The number of benzene rings is 4. The van der Waals surface area contributed by atoms with Gasteiger partial charge >= 0.3 is 0 Å². The van der Waals surface area contributed by atoms with Crippen molar-refractivity contribution in [1.82, 2.24) is 0 Å². The number of anilines is 2. The molecule has 1 aliphatic rings. The third-order valence-corrected chi connectivity index (χ3v) is 7.01. The van der Waals surface area contributed by atoms with E-state index in [1.165, 1.54) is 53.5 Å². The highest BCUT2D eigenvalue weighted by Gasteiger charge is 2.20. The Labute approximate surface area is 173 Å². The van der Waals surface area contributed by atoms with Gasteiger partial charge in [-0.05, 0) is 41.6 Å². The molecule has 0 fully saturated rings. The Hall–Kier alpha value is -3.30. The van der Waals surface area contributed by atoms with Gasteiger partial charge in [0.05, 0.1) is 0 Å². The molecule has 2 heterocycles. The Morgan fingerprint density at radius 1 is 0.793 bits per heavy atom. The Kier molecular flexibility index (Phi) is 3.65. The van der Waals surface area contributed by atoms with Crippen LogP contribution < -0.4 is 10.6 Å². The van der Waals surface area contributed by atoms with Crippen LogP contribution in [-0.2, 0) is 0 Å². The van der Waals surface area contributed by atoms with Gasteiger partial charge in [0.1, 0.15) is 6.17 Å². The first-order valence-corrected chi connectivity index (χ1v) is 10.7. The molecule has 0 bridgehead atoms. The summed E-state index contributed by atoms with van der Waals surface area (Å²) in [5, 5.41) is 12.6. The zero-order chi connectivity index (χ0) is 19.4. The molecular weight excluding hydrogens is 372 g/mol. The number of thiophene rings is 1. The molecule has 140 valence electrons. The molecule has 0 atom stereocenters. The molecule has 29 heavy (non-hydrogen) atoms. The average Bonchev–Trinajstić information content (AvgIpc) is 3.14. The highest BCUT2D eigenvalue weighted by Crippen LogP contribution is 2.38. The van der Waals surface area contributed by atoms with Crippen molar-refractivity contribution in [2.45, 2.75) is 13.1 Å². The fourth-order valence-electron chi connectivity index (χ4n) is 4.37. The molecule has 1 aliphatic heterocycles. The third-order valence-electron chi connectivity index (χ3n) is 5.78. The van der Waals surface area contributed by atoms with Crippen molar-refractivity contribution >= 4 is 59.7 Å². The molecule has 0 saturated heterocycles. The highest BCUT2D eigenvalue weighted by atomic mass is 32.1. The van der Waals surface area contributed by atoms with Gasteiger partial charge in [-0.1, -0.05) is 66.7 Å². The molecule has 6 rings (SSSR count). The van der Waals surface area contributed by atoms with Crippen LogP contribution in [0.5, 0.6) is 0 Å². The summed E-state index contributed by atoms with van der Waals surface area (Å²) in [5.41, 5.74) is 4.92. The second-order valence-corrected chi connectivity index (χ2v) is 8.69. The van der Waals surface area contributed by atoms with E-state index in [9.17, 15) is 0 Å². The van der Waals surface area contributed by atoms with E-state index in [1.54, 1.807) is 0 Å². The molecular formula is C26H20N2S. The lowest BCUT2D eigenvalue weighted by molar-refractivity contribution is 0.942. The molecule has 3 heteroatoms. The van der Waals surface area contributed by atoms with E-state index in [1.807, 2.05) is 11.3 Å². The average molecular weight is 393 g/mol. The summed E-state index contributed by atoms with van der Waals surface area (Å²) >= 11 is 1.88. The first kappa shape index (κ1) is 16.6. The first-order chi connectivity index (χ1) is 14.3. The lowest BCUT2D eigenvalue weighted by Gasteiger charge is -2.30. The Morgan fingerprint density at radius 2 is 1.48 bits per heavy atom. The molecule has 0 aliphatic carbocycles. The SMILES string of the molecule is C/C(=C\c1cccc2c1sc1ccccc12)C1Nc2cccc3cccc(c23)N1. The number of hydrogen-bond donors (Lipinski definition) is 2. The van der Waals surface area contributed by atoms with E-state index in [2.05, 4.69) is 102 Å². The maximum absolute atomic E-state index is 3.68. The van der Waals surface area contributed by atoms with Crippen molar-refractivity contribution in [3.8, 4) is 0 Å². The van der Waals surface area contributed by atoms with Gasteiger partial charge in [-0.15, -0.1) is 11.3 Å². The minimum Gasteiger partial charge on any atom is -0.361 e. The van der Waals surface area contributed by atoms with Crippen LogP contribution in [0, 0.1) is 0 Å².